The summed E-state index contributed by atoms with van der Waals surface area (Å²) in [7, 11) is -9.26. The molecule has 0 unspecified atom stereocenters. The summed E-state index contributed by atoms with van der Waals surface area (Å²) in [5.74, 6) is -1.34. The number of aromatic hydroxyl groups is 2. The van der Waals surface area contributed by atoms with E-state index in [0.29, 0.717) is 12.1 Å². The molecule has 0 aliphatic heterocycles. The zero-order valence-electron chi connectivity index (χ0n) is 11.0. The third-order valence-electron chi connectivity index (χ3n) is 2.55. The van der Waals surface area contributed by atoms with Crippen LogP contribution in [0.1, 0.15) is 0 Å². The topological polar surface area (TPSA) is 181 Å². The van der Waals surface area contributed by atoms with Crippen molar-refractivity contribution in [3.63, 3.8) is 0 Å². The Labute approximate surface area is 147 Å². The van der Waals surface area contributed by atoms with Crippen LogP contribution in [0.2, 0.25) is 0 Å². The predicted molar refractivity (Wildman–Crippen MR) is 76.3 cm³/mol. The quantitative estimate of drug-likeness (QED) is 0.409. The number of benzene rings is 2. The first-order chi connectivity index (χ1) is 9.00. The molecule has 0 atom stereocenters. The van der Waals surface area contributed by atoms with Crippen LogP contribution in [0.3, 0.4) is 0 Å². The number of rotatable bonds is 2. The average molecular weight is 361 g/mol. The van der Waals surface area contributed by atoms with E-state index in [1.807, 2.05) is 0 Å². The molecule has 0 aromatic heterocycles. The molecule has 117 valence electrons. The minimum Gasteiger partial charge on any atom is -0.507 e. The maximum absolute atomic E-state index is 11.0. The Bertz CT molecular complexity index is 846. The molecular weight excluding hydrogens is 351 g/mol. The van der Waals surface area contributed by atoms with Crippen molar-refractivity contribution in [2.45, 2.75) is 9.79 Å². The molecular formula is C10H10NaO9S2. The Morgan fingerprint density at radius 3 is 1.32 bits per heavy atom. The van der Waals surface area contributed by atoms with Gasteiger partial charge in [-0.15, -0.1) is 0 Å². The molecule has 2 rings (SSSR count). The van der Waals surface area contributed by atoms with Gasteiger partial charge >= 0.3 is 0 Å². The van der Waals surface area contributed by atoms with Crippen molar-refractivity contribution in [1.82, 2.24) is 0 Å². The van der Waals surface area contributed by atoms with Crippen LogP contribution in [0.5, 0.6) is 11.5 Å². The number of phenolic OH excluding ortho intramolecular Hbond substituents is 2. The van der Waals surface area contributed by atoms with Gasteiger partial charge in [0.2, 0.25) is 0 Å². The van der Waals surface area contributed by atoms with E-state index in [-0.39, 0.29) is 45.8 Å². The van der Waals surface area contributed by atoms with Crippen LogP contribution in [-0.4, -0.2) is 71.2 Å². The fourth-order valence-corrected chi connectivity index (χ4v) is 2.79. The predicted octanol–water partition coefficient (Wildman–Crippen LogP) is -0.461. The molecule has 0 bridgehead atoms. The van der Waals surface area contributed by atoms with Gasteiger partial charge in [0.25, 0.3) is 20.2 Å². The molecule has 0 saturated carbocycles. The number of fused-ring (bicyclic) bond motifs is 1. The van der Waals surface area contributed by atoms with Crippen LogP contribution in [0, 0.1) is 0 Å². The molecule has 0 aliphatic carbocycles. The summed E-state index contributed by atoms with van der Waals surface area (Å²) in [4.78, 5) is -1.37. The van der Waals surface area contributed by atoms with Crippen LogP contribution in [-0.2, 0) is 20.2 Å². The van der Waals surface area contributed by atoms with Crippen molar-refractivity contribution >= 4 is 60.6 Å². The van der Waals surface area contributed by atoms with Gasteiger partial charge in [-0.3, -0.25) is 9.11 Å². The number of hydrogen-bond donors (Lipinski definition) is 4. The van der Waals surface area contributed by atoms with Gasteiger partial charge in [-0.05, 0) is 17.5 Å². The molecule has 6 N–H and O–H groups in total. The Hall–Kier alpha value is -0.920. The molecule has 2 aromatic rings. The molecule has 22 heavy (non-hydrogen) atoms. The first-order valence-corrected chi connectivity index (χ1v) is 7.83. The van der Waals surface area contributed by atoms with Crippen LogP contribution < -0.4 is 0 Å². The van der Waals surface area contributed by atoms with Crippen molar-refractivity contribution in [3.05, 3.63) is 24.3 Å². The molecule has 0 amide bonds. The maximum atomic E-state index is 11.0. The number of phenols is 2. The second-order valence-electron chi connectivity index (χ2n) is 3.93. The van der Waals surface area contributed by atoms with Gasteiger partial charge in [0.1, 0.15) is 11.5 Å². The maximum Gasteiger partial charge on any atom is 0.294 e. The van der Waals surface area contributed by atoms with Gasteiger partial charge in [0.15, 0.2) is 0 Å². The zero-order valence-corrected chi connectivity index (χ0v) is 14.7. The average Bonchev–Trinajstić information content (AvgIpc) is 2.25. The van der Waals surface area contributed by atoms with Crippen molar-refractivity contribution in [2.24, 2.45) is 0 Å². The Morgan fingerprint density at radius 1 is 0.727 bits per heavy atom. The summed E-state index contributed by atoms with van der Waals surface area (Å²) in [5.41, 5.74) is 0. The minimum atomic E-state index is -4.63. The van der Waals surface area contributed by atoms with Crippen LogP contribution in [0.4, 0.5) is 0 Å². The van der Waals surface area contributed by atoms with E-state index in [0.717, 1.165) is 12.1 Å². The van der Waals surface area contributed by atoms with Crippen LogP contribution >= 0.6 is 0 Å². The molecule has 0 spiro atoms. The molecule has 0 heterocycles. The Morgan fingerprint density at radius 2 is 1.05 bits per heavy atom. The van der Waals surface area contributed by atoms with Gasteiger partial charge in [-0.25, -0.2) is 0 Å². The summed E-state index contributed by atoms with van der Waals surface area (Å²) >= 11 is 0. The van der Waals surface area contributed by atoms with Gasteiger partial charge in [-0.1, -0.05) is 0 Å². The second-order valence-corrected chi connectivity index (χ2v) is 6.78. The number of hydrogen-bond acceptors (Lipinski definition) is 6. The van der Waals surface area contributed by atoms with Gasteiger partial charge < -0.3 is 15.7 Å². The third-order valence-corrected chi connectivity index (χ3v) is 4.21. The van der Waals surface area contributed by atoms with E-state index >= 15 is 0 Å². The van der Waals surface area contributed by atoms with E-state index in [2.05, 4.69) is 0 Å². The molecule has 12 heteroatoms. The minimum absolute atomic E-state index is 0. The monoisotopic (exact) mass is 361 g/mol. The summed E-state index contributed by atoms with van der Waals surface area (Å²) < 4.78 is 61.8. The van der Waals surface area contributed by atoms with Gasteiger partial charge in [0.05, 0.1) is 15.2 Å². The molecule has 0 aliphatic rings. The van der Waals surface area contributed by atoms with Crippen molar-refractivity contribution < 1.29 is 41.6 Å². The van der Waals surface area contributed by atoms with Crippen molar-refractivity contribution in [2.75, 3.05) is 0 Å². The summed E-state index contributed by atoms with van der Waals surface area (Å²) in [5, 5.41) is 18.9. The summed E-state index contributed by atoms with van der Waals surface area (Å²) in [6.45, 7) is 0. The smallest absolute Gasteiger partial charge is 0.294 e. The van der Waals surface area contributed by atoms with E-state index in [9.17, 15) is 27.0 Å². The fraction of sp³-hybridized carbons (Fsp3) is 0. The fourth-order valence-electron chi connectivity index (χ4n) is 1.71. The molecule has 9 nitrogen and oxygen atoms in total. The first kappa shape index (κ1) is 21.1. The van der Waals surface area contributed by atoms with E-state index in [1.165, 1.54) is 0 Å². The molecule has 0 fully saturated rings. The van der Waals surface area contributed by atoms with E-state index in [4.69, 9.17) is 9.11 Å². The molecule has 2 aromatic carbocycles. The standard InChI is InChI=1S/C10H8O8S2.Na.H2O/c11-8-3-6(19(13,14)15)1-5-2-7(20(16,17)18)4-9(12)10(5)8;;/h1-4,11-12H,(H,13,14,15)(H,16,17,18);;1H2. The van der Waals surface area contributed by atoms with E-state index < -0.39 is 41.5 Å². The van der Waals surface area contributed by atoms with Crippen LogP contribution in [0.25, 0.3) is 10.8 Å². The van der Waals surface area contributed by atoms with E-state index in [1.54, 1.807) is 0 Å². The van der Waals surface area contributed by atoms with Crippen molar-refractivity contribution in [3.8, 4) is 11.5 Å². The summed E-state index contributed by atoms with van der Waals surface area (Å²) in [6.07, 6.45) is 0. The second kappa shape index (κ2) is 6.68. The Balaban J connectivity index is 0.00000220. The zero-order chi connectivity index (χ0) is 15.3. The van der Waals surface area contributed by atoms with Crippen LogP contribution in [0.15, 0.2) is 34.1 Å². The van der Waals surface area contributed by atoms with Gasteiger partial charge in [-0.2, -0.15) is 16.8 Å². The molecule has 0 saturated heterocycles. The largest absolute Gasteiger partial charge is 0.507 e. The van der Waals surface area contributed by atoms with Gasteiger partial charge in [0, 0.05) is 41.7 Å². The SMILES string of the molecule is O.O=S(=O)(O)c1cc(O)c2c(O)cc(S(=O)(=O)O)cc2c1.[Na]. The summed E-state index contributed by atoms with van der Waals surface area (Å²) in [6, 6.07) is 3.09. The normalized spacial score (nSPS) is 11.5. The van der Waals surface area contributed by atoms with Crippen molar-refractivity contribution in [1.29, 1.82) is 0 Å². The molecule has 1 radical (unpaired) electrons. The first-order valence-electron chi connectivity index (χ1n) is 4.95. The Kier molecular flexibility index (Phi) is 6.40. The third kappa shape index (κ3) is 4.08.